The van der Waals surface area contributed by atoms with E-state index in [-0.39, 0.29) is 5.91 Å². The molecule has 1 N–H and O–H groups in total. The zero-order valence-electron chi connectivity index (χ0n) is 10.3. The van der Waals surface area contributed by atoms with Crippen molar-refractivity contribution in [3.8, 4) is 0 Å². The van der Waals surface area contributed by atoms with Crippen LogP contribution in [-0.2, 0) is 13.6 Å². The number of hydrogen-bond donors (Lipinski definition) is 1. The van der Waals surface area contributed by atoms with Crippen LogP contribution in [0.2, 0.25) is 0 Å². The van der Waals surface area contributed by atoms with Gasteiger partial charge in [-0.3, -0.25) is 9.48 Å². The van der Waals surface area contributed by atoms with Crippen LogP contribution in [0.3, 0.4) is 0 Å². The van der Waals surface area contributed by atoms with E-state index in [9.17, 15) is 4.79 Å². The summed E-state index contributed by atoms with van der Waals surface area (Å²) < 4.78 is 2.72. The molecule has 5 heteroatoms. The number of benzene rings is 1. The first kappa shape index (κ1) is 13.1. The molecule has 18 heavy (non-hydrogen) atoms. The predicted molar refractivity (Wildman–Crippen MR) is 78.3 cm³/mol. The number of rotatable bonds is 3. The van der Waals surface area contributed by atoms with Crippen molar-refractivity contribution >= 4 is 28.5 Å². The first-order valence-electron chi connectivity index (χ1n) is 5.59. The summed E-state index contributed by atoms with van der Waals surface area (Å²) in [5, 5.41) is 6.96. The summed E-state index contributed by atoms with van der Waals surface area (Å²) in [6.07, 6.45) is 3.64. The van der Waals surface area contributed by atoms with Crippen LogP contribution < -0.4 is 5.32 Å². The molecule has 0 fully saturated rings. The van der Waals surface area contributed by atoms with Crippen LogP contribution in [0.5, 0.6) is 0 Å². The lowest BCUT2D eigenvalue weighted by Gasteiger charge is -2.07. The van der Waals surface area contributed by atoms with E-state index in [2.05, 4.69) is 33.0 Å². The minimum absolute atomic E-state index is 0.0491. The Balaban J connectivity index is 2.06. The van der Waals surface area contributed by atoms with Crippen molar-refractivity contribution < 1.29 is 4.79 Å². The molecule has 2 rings (SSSR count). The largest absolute Gasteiger partial charge is 0.348 e. The Bertz CT molecular complexity index is 577. The Morgan fingerprint density at radius 2 is 2.28 bits per heavy atom. The van der Waals surface area contributed by atoms with Crippen LogP contribution in [0, 0.1) is 10.5 Å². The van der Waals surface area contributed by atoms with Gasteiger partial charge in [0.25, 0.3) is 5.91 Å². The van der Waals surface area contributed by atoms with Crippen molar-refractivity contribution in [2.45, 2.75) is 13.5 Å². The third-order valence-corrected chi connectivity index (χ3v) is 4.08. The maximum Gasteiger partial charge on any atom is 0.252 e. The predicted octanol–water partition coefficient (Wildman–Crippen LogP) is 2.26. The van der Waals surface area contributed by atoms with Gasteiger partial charge < -0.3 is 5.32 Å². The molecule has 0 bridgehead atoms. The van der Waals surface area contributed by atoms with Gasteiger partial charge in [0, 0.05) is 28.9 Å². The van der Waals surface area contributed by atoms with Gasteiger partial charge in [-0.2, -0.15) is 5.10 Å². The van der Waals surface area contributed by atoms with E-state index in [1.54, 1.807) is 10.9 Å². The van der Waals surface area contributed by atoms with Crippen molar-refractivity contribution in [2.24, 2.45) is 7.05 Å². The Labute approximate surface area is 120 Å². The maximum atomic E-state index is 12.1. The van der Waals surface area contributed by atoms with Gasteiger partial charge >= 0.3 is 0 Å². The van der Waals surface area contributed by atoms with Crippen molar-refractivity contribution in [1.29, 1.82) is 0 Å². The van der Waals surface area contributed by atoms with E-state index in [1.807, 2.05) is 38.4 Å². The quantitative estimate of drug-likeness (QED) is 0.859. The monoisotopic (exact) mass is 355 g/mol. The van der Waals surface area contributed by atoms with Crippen LogP contribution >= 0.6 is 22.6 Å². The van der Waals surface area contributed by atoms with E-state index in [0.29, 0.717) is 6.54 Å². The SMILES string of the molecule is Cc1cccc(C(=O)NCc2cnn(C)c2)c1I. The number of amides is 1. The van der Waals surface area contributed by atoms with Crippen LogP contribution in [-0.4, -0.2) is 15.7 Å². The molecule has 0 aliphatic heterocycles. The Morgan fingerprint density at radius 3 is 2.94 bits per heavy atom. The molecule has 1 heterocycles. The number of nitrogens with one attached hydrogen (secondary N) is 1. The minimum atomic E-state index is -0.0491. The molecule has 0 unspecified atom stereocenters. The molecular weight excluding hydrogens is 341 g/mol. The lowest BCUT2D eigenvalue weighted by molar-refractivity contribution is 0.0950. The average Bonchev–Trinajstić information content (AvgIpc) is 2.76. The first-order chi connectivity index (χ1) is 8.58. The fourth-order valence-corrected chi connectivity index (χ4v) is 2.27. The van der Waals surface area contributed by atoms with Crippen LogP contribution in [0.4, 0.5) is 0 Å². The number of carbonyl (C=O) groups excluding carboxylic acids is 1. The third-order valence-electron chi connectivity index (χ3n) is 2.65. The van der Waals surface area contributed by atoms with Crippen LogP contribution in [0.1, 0.15) is 21.5 Å². The molecule has 0 saturated heterocycles. The first-order valence-corrected chi connectivity index (χ1v) is 6.66. The minimum Gasteiger partial charge on any atom is -0.348 e. The highest BCUT2D eigenvalue weighted by atomic mass is 127. The summed E-state index contributed by atoms with van der Waals surface area (Å²) in [6.45, 7) is 2.50. The molecule has 0 saturated carbocycles. The second kappa shape index (κ2) is 5.51. The Hall–Kier alpha value is -1.37. The molecule has 0 atom stereocenters. The molecular formula is C13H14IN3O. The van der Waals surface area contributed by atoms with Gasteiger partial charge in [0.15, 0.2) is 0 Å². The van der Waals surface area contributed by atoms with Crippen molar-refractivity contribution in [3.05, 3.63) is 50.9 Å². The molecule has 1 aromatic carbocycles. The standard InChI is InChI=1S/C13H14IN3O/c1-9-4-3-5-11(12(9)14)13(18)15-6-10-7-16-17(2)8-10/h3-5,7-8H,6H2,1-2H3,(H,15,18). The van der Waals surface area contributed by atoms with Gasteiger partial charge in [0.05, 0.1) is 11.8 Å². The lowest BCUT2D eigenvalue weighted by Crippen LogP contribution is -2.23. The zero-order chi connectivity index (χ0) is 13.1. The number of halogens is 1. The van der Waals surface area contributed by atoms with Crippen LogP contribution in [0.25, 0.3) is 0 Å². The van der Waals surface area contributed by atoms with E-state index < -0.39 is 0 Å². The number of nitrogens with zero attached hydrogens (tertiary/aromatic N) is 2. The van der Waals surface area contributed by atoms with Crippen molar-refractivity contribution in [1.82, 2.24) is 15.1 Å². The second-order valence-corrected chi connectivity index (χ2v) is 5.22. The highest BCUT2D eigenvalue weighted by Crippen LogP contribution is 2.16. The number of aryl methyl sites for hydroxylation is 2. The zero-order valence-corrected chi connectivity index (χ0v) is 12.4. The summed E-state index contributed by atoms with van der Waals surface area (Å²) in [6, 6.07) is 5.74. The number of hydrogen-bond acceptors (Lipinski definition) is 2. The molecule has 2 aromatic rings. The summed E-state index contributed by atoms with van der Waals surface area (Å²) in [4.78, 5) is 12.1. The summed E-state index contributed by atoms with van der Waals surface area (Å²) in [5.41, 5.74) is 2.83. The molecule has 0 spiro atoms. The fraction of sp³-hybridized carbons (Fsp3) is 0.231. The van der Waals surface area contributed by atoms with E-state index in [0.717, 1.165) is 20.3 Å². The molecule has 4 nitrogen and oxygen atoms in total. The normalized spacial score (nSPS) is 10.4. The second-order valence-electron chi connectivity index (χ2n) is 4.14. The molecule has 1 aromatic heterocycles. The third kappa shape index (κ3) is 2.90. The summed E-state index contributed by atoms with van der Waals surface area (Å²) in [7, 11) is 1.86. The van der Waals surface area contributed by atoms with Gasteiger partial charge in [0.1, 0.15) is 0 Å². The summed E-state index contributed by atoms with van der Waals surface area (Å²) >= 11 is 2.20. The molecule has 0 radical (unpaired) electrons. The van der Waals surface area contributed by atoms with Crippen LogP contribution in [0.15, 0.2) is 30.6 Å². The van der Waals surface area contributed by atoms with Gasteiger partial charge in [-0.05, 0) is 41.1 Å². The Morgan fingerprint density at radius 1 is 1.50 bits per heavy atom. The molecule has 1 amide bonds. The highest BCUT2D eigenvalue weighted by molar-refractivity contribution is 14.1. The smallest absolute Gasteiger partial charge is 0.252 e. The average molecular weight is 355 g/mol. The lowest BCUT2D eigenvalue weighted by atomic mass is 10.1. The van der Waals surface area contributed by atoms with Gasteiger partial charge in [0.2, 0.25) is 0 Å². The van der Waals surface area contributed by atoms with Gasteiger partial charge in [-0.25, -0.2) is 0 Å². The van der Waals surface area contributed by atoms with E-state index in [4.69, 9.17) is 0 Å². The maximum absolute atomic E-state index is 12.1. The summed E-state index contributed by atoms with van der Waals surface area (Å²) in [5.74, 6) is -0.0491. The number of carbonyl (C=O) groups is 1. The van der Waals surface area contributed by atoms with Crippen molar-refractivity contribution in [2.75, 3.05) is 0 Å². The van der Waals surface area contributed by atoms with Crippen molar-refractivity contribution in [3.63, 3.8) is 0 Å². The number of aromatic nitrogens is 2. The molecule has 0 aliphatic carbocycles. The fourth-order valence-electron chi connectivity index (χ4n) is 1.66. The highest BCUT2D eigenvalue weighted by Gasteiger charge is 2.10. The van der Waals surface area contributed by atoms with Gasteiger partial charge in [-0.1, -0.05) is 12.1 Å². The van der Waals surface area contributed by atoms with E-state index in [1.165, 1.54) is 0 Å². The topological polar surface area (TPSA) is 46.9 Å². The molecule has 94 valence electrons. The Kier molecular flexibility index (Phi) is 4.00. The van der Waals surface area contributed by atoms with E-state index >= 15 is 0 Å². The molecule has 0 aliphatic rings. The van der Waals surface area contributed by atoms with Gasteiger partial charge in [-0.15, -0.1) is 0 Å².